The number of carbonyl (C=O) groups excluding carboxylic acids is 2. The van der Waals surface area contributed by atoms with E-state index in [4.69, 9.17) is 4.74 Å². The second-order valence-corrected chi connectivity index (χ2v) is 9.88. The van der Waals surface area contributed by atoms with Crippen LogP contribution in [-0.4, -0.2) is 81.4 Å². The zero-order valence-corrected chi connectivity index (χ0v) is 21.1. The molecule has 0 spiro atoms. The summed E-state index contributed by atoms with van der Waals surface area (Å²) in [6.07, 6.45) is 8.60. The molecule has 2 aliphatic rings. The molecule has 2 aliphatic heterocycles. The smallest absolute Gasteiger partial charge is 0.261 e. The maximum atomic E-state index is 13.3. The van der Waals surface area contributed by atoms with E-state index in [9.17, 15) is 9.59 Å². The molecule has 190 valence electrons. The molecule has 2 amide bonds. The molecule has 0 saturated carbocycles. The Hall–Kier alpha value is -3.46. The van der Waals surface area contributed by atoms with Gasteiger partial charge in [-0.2, -0.15) is 5.10 Å². The van der Waals surface area contributed by atoms with Gasteiger partial charge in [0.1, 0.15) is 11.3 Å². The van der Waals surface area contributed by atoms with Crippen molar-refractivity contribution in [2.75, 3.05) is 40.3 Å². The largest absolute Gasteiger partial charge is 0.484 e. The van der Waals surface area contributed by atoms with Crippen molar-refractivity contribution in [1.82, 2.24) is 29.3 Å². The Bertz CT molecular complexity index is 1220. The lowest BCUT2D eigenvalue weighted by molar-refractivity contribution is -0.137. The second-order valence-electron chi connectivity index (χ2n) is 9.88. The Balaban J connectivity index is 1.28. The van der Waals surface area contributed by atoms with Crippen LogP contribution in [0.25, 0.3) is 5.65 Å². The van der Waals surface area contributed by atoms with Crippen LogP contribution in [0.3, 0.4) is 0 Å². The van der Waals surface area contributed by atoms with Gasteiger partial charge in [0, 0.05) is 33.4 Å². The SMILES string of the molecule is CN(C)C(=O)c1cnn2c([C@H]3CCCCN3C(=O)COc3ccc(CN4CCCC4)cc3)ccnc12. The lowest BCUT2D eigenvalue weighted by Gasteiger charge is -2.35. The number of carbonyl (C=O) groups is 2. The van der Waals surface area contributed by atoms with Gasteiger partial charge < -0.3 is 14.5 Å². The molecule has 2 aromatic heterocycles. The topological polar surface area (TPSA) is 83.3 Å². The van der Waals surface area contributed by atoms with Gasteiger partial charge in [-0.3, -0.25) is 14.5 Å². The highest BCUT2D eigenvalue weighted by Crippen LogP contribution is 2.31. The van der Waals surface area contributed by atoms with Gasteiger partial charge in [-0.1, -0.05) is 12.1 Å². The van der Waals surface area contributed by atoms with E-state index in [-0.39, 0.29) is 24.5 Å². The summed E-state index contributed by atoms with van der Waals surface area (Å²) in [5, 5.41) is 4.46. The number of amides is 2. The van der Waals surface area contributed by atoms with E-state index in [1.165, 1.54) is 36.4 Å². The molecule has 0 bridgehead atoms. The van der Waals surface area contributed by atoms with E-state index in [2.05, 4.69) is 27.1 Å². The van der Waals surface area contributed by atoms with Gasteiger partial charge in [0.2, 0.25) is 0 Å². The third-order valence-corrected chi connectivity index (χ3v) is 7.12. The van der Waals surface area contributed by atoms with E-state index in [1.54, 1.807) is 31.0 Å². The van der Waals surface area contributed by atoms with Crippen molar-refractivity contribution in [3.8, 4) is 5.75 Å². The Labute approximate surface area is 211 Å². The summed E-state index contributed by atoms with van der Waals surface area (Å²) in [4.78, 5) is 36.1. The fourth-order valence-corrected chi connectivity index (χ4v) is 5.21. The van der Waals surface area contributed by atoms with E-state index >= 15 is 0 Å². The first kappa shape index (κ1) is 24.2. The van der Waals surface area contributed by atoms with Crippen molar-refractivity contribution in [1.29, 1.82) is 0 Å². The first-order valence-corrected chi connectivity index (χ1v) is 12.8. The predicted molar refractivity (Wildman–Crippen MR) is 136 cm³/mol. The predicted octanol–water partition coefficient (Wildman–Crippen LogP) is 3.16. The number of fused-ring (bicyclic) bond motifs is 1. The summed E-state index contributed by atoms with van der Waals surface area (Å²) >= 11 is 0. The molecule has 36 heavy (non-hydrogen) atoms. The first-order valence-electron chi connectivity index (χ1n) is 12.8. The molecule has 0 N–H and O–H groups in total. The summed E-state index contributed by atoms with van der Waals surface area (Å²) in [5.41, 5.74) is 3.08. The molecule has 2 fully saturated rings. The average molecular weight is 491 g/mol. The number of ether oxygens (including phenoxy) is 1. The average Bonchev–Trinajstić information content (AvgIpc) is 3.57. The minimum absolute atomic E-state index is 0.0142. The van der Waals surface area contributed by atoms with Crippen LogP contribution in [0.5, 0.6) is 5.75 Å². The molecule has 1 aromatic carbocycles. The third-order valence-electron chi connectivity index (χ3n) is 7.12. The highest BCUT2D eigenvalue weighted by molar-refractivity contribution is 5.99. The number of benzene rings is 1. The van der Waals surface area contributed by atoms with Crippen LogP contribution in [-0.2, 0) is 11.3 Å². The Morgan fingerprint density at radius 3 is 2.53 bits per heavy atom. The van der Waals surface area contributed by atoms with Crippen LogP contribution in [0.1, 0.15) is 59.8 Å². The number of hydrogen-bond donors (Lipinski definition) is 0. The number of piperidine rings is 1. The molecule has 0 radical (unpaired) electrons. The van der Waals surface area contributed by atoms with Crippen molar-refractivity contribution in [2.24, 2.45) is 0 Å². The molecule has 9 nitrogen and oxygen atoms in total. The Morgan fingerprint density at radius 1 is 1.03 bits per heavy atom. The van der Waals surface area contributed by atoms with Gasteiger partial charge in [0.25, 0.3) is 11.8 Å². The van der Waals surface area contributed by atoms with E-state index < -0.39 is 0 Å². The molecule has 3 aromatic rings. The molecule has 2 saturated heterocycles. The Kier molecular flexibility index (Phi) is 7.18. The molecule has 4 heterocycles. The zero-order chi connectivity index (χ0) is 25.1. The third kappa shape index (κ3) is 5.06. The van der Waals surface area contributed by atoms with Crippen LogP contribution in [0.2, 0.25) is 0 Å². The molecular formula is C27H34N6O3. The zero-order valence-electron chi connectivity index (χ0n) is 21.1. The lowest BCUT2D eigenvalue weighted by Crippen LogP contribution is -2.41. The summed E-state index contributed by atoms with van der Waals surface area (Å²) in [6, 6.07) is 9.81. The fourth-order valence-electron chi connectivity index (χ4n) is 5.21. The summed E-state index contributed by atoms with van der Waals surface area (Å²) in [6.45, 7) is 3.94. The summed E-state index contributed by atoms with van der Waals surface area (Å²) in [5.74, 6) is 0.501. The van der Waals surface area contributed by atoms with Crippen LogP contribution >= 0.6 is 0 Å². The maximum Gasteiger partial charge on any atom is 0.261 e. The van der Waals surface area contributed by atoms with Gasteiger partial charge in [0.05, 0.1) is 17.9 Å². The molecule has 5 rings (SSSR count). The number of aromatic nitrogens is 3. The van der Waals surface area contributed by atoms with Crippen LogP contribution in [0.15, 0.2) is 42.7 Å². The van der Waals surface area contributed by atoms with Crippen LogP contribution in [0.4, 0.5) is 0 Å². The van der Waals surface area contributed by atoms with Gasteiger partial charge in [0.15, 0.2) is 12.3 Å². The molecule has 0 unspecified atom stereocenters. The van der Waals surface area contributed by atoms with E-state index in [0.29, 0.717) is 23.5 Å². The summed E-state index contributed by atoms with van der Waals surface area (Å²) in [7, 11) is 3.41. The van der Waals surface area contributed by atoms with Gasteiger partial charge >= 0.3 is 0 Å². The van der Waals surface area contributed by atoms with Crippen molar-refractivity contribution < 1.29 is 14.3 Å². The molecule has 9 heteroatoms. The minimum Gasteiger partial charge on any atom is -0.484 e. The lowest BCUT2D eigenvalue weighted by atomic mass is 9.99. The fraction of sp³-hybridized carbons (Fsp3) is 0.481. The van der Waals surface area contributed by atoms with Gasteiger partial charge in [-0.25, -0.2) is 9.50 Å². The standard InChI is InChI=1S/C27H34N6O3/c1-30(2)27(35)22-17-29-33-24(12-13-28-26(22)33)23-7-3-4-16-32(23)25(34)19-36-21-10-8-20(9-11-21)18-31-14-5-6-15-31/h8-13,17,23H,3-7,14-16,18-19H2,1-2H3/t23-/m1/s1. The van der Waals surface area contributed by atoms with Crippen LogP contribution < -0.4 is 4.74 Å². The minimum atomic E-state index is -0.148. The van der Waals surface area contributed by atoms with E-state index in [0.717, 1.165) is 31.5 Å². The number of hydrogen-bond acceptors (Lipinski definition) is 6. The number of rotatable bonds is 7. The van der Waals surface area contributed by atoms with Crippen molar-refractivity contribution in [2.45, 2.75) is 44.7 Å². The molecule has 1 atom stereocenters. The molecule has 0 aliphatic carbocycles. The second kappa shape index (κ2) is 10.7. The van der Waals surface area contributed by atoms with Crippen molar-refractivity contribution in [3.05, 3.63) is 59.5 Å². The number of likely N-dealkylation sites (tertiary alicyclic amines) is 2. The van der Waals surface area contributed by atoms with Crippen molar-refractivity contribution >= 4 is 17.5 Å². The quantitative estimate of drug-likeness (QED) is 0.506. The first-order chi connectivity index (χ1) is 17.5. The van der Waals surface area contributed by atoms with Gasteiger partial charge in [-0.15, -0.1) is 0 Å². The normalized spacial score (nSPS) is 18.5. The van der Waals surface area contributed by atoms with Gasteiger partial charge in [-0.05, 0) is 69.0 Å². The molecular weight excluding hydrogens is 456 g/mol. The van der Waals surface area contributed by atoms with E-state index in [1.807, 2.05) is 23.1 Å². The Morgan fingerprint density at radius 2 is 1.78 bits per heavy atom. The van der Waals surface area contributed by atoms with Crippen molar-refractivity contribution in [3.63, 3.8) is 0 Å². The van der Waals surface area contributed by atoms with Crippen LogP contribution in [0, 0.1) is 0 Å². The monoisotopic (exact) mass is 490 g/mol. The maximum absolute atomic E-state index is 13.3. The summed E-state index contributed by atoms with van der Waals surface area (Å²) < 4.78 is 7.59. The number of nitrogens with zero attached hydrogens (tertiary/aromatic N) is 6. The highest BCUT2D eigenvalue weighted by atomic mass is 16.5. The highest BCUT2D eigenvalue weighted by Gasteiger charge is 2.31.